The Labute approximate surface area is 115 Å². The smallest absolute Gasteiger partial charge is 0.311 e. The monoisotopic (exact) mass is 279 g/mol. The number of carboxylic acids is 1. The molecule has 0 aliphatic carbocycles. The highest BCUT2D eigenvalue weighted by Gasteiger charge is 2.39. The van der Waals surface area contributed by atoms with Gasteiger partial charge >= 0.3 is 5.97 Å². The Morgan fingerprint density at radius 2 is 2.10 bits per heavy atom. The molecule has 1 unspecified atom stereocenters. The van der Waals surface area contributed by atoms with Crippen molar-refractivity contribution in [3.63, 3.8) is 0 Å². The number of carboxylic acid groups (broad SMARTS) is 1. The summed E-state index contributed by atoms with van der Waals surface area (Å²) in [6.45, 7) is 2.31. The molecule has 1 fully saturated rings. The number of hydrogen-bond acceptors (Lipinski definition) is 4. The van der Waals surface area contributed by atoms with Crippen LogP contribution in [0, 0.1) is 5.41 Å². The maximum Gasteiger partial charge on any atom is 0.311 e. The van der Waals surface area contributed by atoms with Crippen molar-refractivity contribution in [2.75, 3.05) is 13.1 Å². The van der Waals surface area contributed by atoms with E-state index in [4.69, 9.17) is 0 Å². The minimum atomic E-state index is -0.922. The first kappa shape index (κ1) is 14.2. The first-order valence-corrected chi connectivity index (χ1v) is 6.40. The largest absolute Gasteiger partial charge is 0.481 e. The second kappa shape index (κ2) is 5.07. The lowest BCUT2D eigenvalue weighted by Gasteiger charge is -2.37. The molecule has 0 aromatic carbocycles. The second-order valence-electron chi connectivity index (χ2n) is 5.38. The Hall–Kier alpha value is -2.18. The molecule has 0 bridgehead atoms. The molecular weight excluding hydrogens is 262 g/mol. The van der Waals surface area contributed by atoms with Gasteiger partial charge in [-0.15, -0.1) is 0 Å². The third kappa shape index (κ3) is 2.56. The van der Waals surface area contributed by atoms with Gasteiger partial charge < -0.3 is 10.0 Å². The lowest BCUT2D eigenvalue weighted by Crippen LogP contribution is -2.48. The van der Waals surface area contributed by atoms with Crippen molar-refractivity contribution in [2.24, 2.45) is 12.5 Å². The van der Waals surface area contributed by atoms with Gasteiger partial charge in [0.2, 0.25) is 0 Å². The number of nitrogens with zero attached hydrogens (tertiary/aromatic N) is 3. The zero-order valence-corrected chi connectivity index (χ0v) is 11.5. The highest BCUT2D eigenvalue weighted by Crippen LogP contribution is 2.30. The molecule has 1 saturated heterocycles. The third-order valence-corrected chi connectivity index (χ3v) is 3.68. The molecule has 1 aliphatic rings. The fraction of sp³-hybridized carbons (Fsp3) is 0.538. The van der Waals surface area contributed by atoms with Crippen LogP contribution >= 0.6 is 0 Å². The predicted octanol–water partition coefficient (Wildman–Crippen LogP) is 0.107. The summed E-state index contributed by atoms with van der Waals surface area (Å²) >= 11 is 0. The van der Waals surface area contributed by atoms with E-state index in [1.54, 1.807) is 6.92 Å². The predicted molar refractivity (Wildman–Crippen MR) is 70.4 cm³/mol. The van der Waals surface area contributed by atoms with Crippen LogP contribution in [0.4, 0.5) is 0 Å². The molecule has 1 aromatic rings. The van der Waals surface area contributed by atoms with Gasteiger partial charge in [-0.1, -0.05) is 0 Å². The fourth-order valence-corrected chi connectivity index (χ4v) is 2.37. The van der Waals surface area contributed by atoms with Crippen molar-refractivity contribution in [2.45, 2.75) is 19.8 Å². The van der Waals surface area contributed by atoms with Crippen molar-refractivity contribution < 1.29 is 14.7 Å². The standard InChI is InChI=1S/C13H17N3O4/c1-13(12(19)20)6-3-7-16(8-13)11(18)9-4-5-10(17)15(2)14-9/h4-5H,3,6-8H2,1-2H3,(H,19,20). The highest BCUT2D eigenvalue weighted by molar-refractivity contribution is 5.92. The summed E-state index contributed by atoms with van der Waals surface area (Å²) < 4.78 is 1.09. The lowest BCUT2D eigenvalue weighted by molar-refractivity contribution is -0.150. The van der Waals surface area contributed by atoms with Crippen LogP contribution in [0.1, 0.15) is 30.3 Å². The van der Waals surface area contributed by atoms with Crippen molar-refractivity contribution in [3.8, 4) is 0 Å². The molecule has 2 heterocycles. The molecule has 108 valence electrons. The molecule has 1 aromatic heterocycles. The Kier molecular flexibility index (Phi) is 3.61. The maximum atomic E-state index is 12.3. The van der Waals surface area contributed by atoms with Crippen LogP contribution in [0.5, 0.6) is 0 Å². The Morgan fingerprint density at radius 3 is 2.70 bits per heavy atom. The molecule has 0 saturated carbocycles. The van der Waals surface area contributed by atoms with E-state index in [9.17, 15) is 19.5 Å². The van der Waals surface area contributed by atoms with Gasteiger partial charge in [0.15, 0.2) is 0 Å². The van der Waals surface area contributed by atoms with E-state index >= 15 is 0 Å². The van der Waals surface area contributed by atoms with Crippen LogP contribution in [0.25, 0.3) is 0 Å². The van der Waals surface area contributed by atoms with Gasteiger partial charge in [0.25, 0.3) is 11.5 Å². The van der Waals surface area contributed by atoms with Gasteiger partial charge in [-0.25, -0.2) is 4.68 Å². The van der Waals surface area contributed by atoms with Crippen LogP contribution in [0.15, 0.2) is 16.9 Å². The van der Waals surface area contributed by atoms with E-state index in [-0.39, 0.29) is 23.7 Å². The summed E-state index contributed by atoms with van der Waals surface area (Å²) in [5, 5.41) is 13.2. The first-order chi connectivity index (χ1) is 9.33. The molecule has 0 spiro atoms. The van der Waals surface area contributed by atoms with Gasteiger partial charge in [-0.2, -0.15) is 5.10 Å². The SMILES string of the molecule is Cn1nc(C(=O)N2CCCC(C)(C(=O)O)C2)ccc1=O. The zero-order chi connectivity index (χ0) is 14.9. The van der Waals surface area contributed by atoms with Gasteiger partial charge in [0.1, 0.15) is 5.69 Å². The number of carbonyl (C=O) groups excluding carboxylic acids is 1. The van der Waals surface area contributed by atoms with E-state index in [1.807, 2.05) is 0 Å². The average molecular weight is 279 g/mol. The molecular formula is C13H17N3O4. The Balaban J connectivity index is 2.22. The van der Waals surface area contributed by atoms with E-state index in [0.717, 1.165) is 4.68 Å². The minimum absolute atomic E-state index is 0.154. The molecule has 1 N–H and O–H groups in total. The van der Waals surface area contributed by atoms with E-state index in [1.165, 1.54) is 24.1 Å². The normalized spacial score (nSPS) is 22.6. The molecule has 1 atom stereocenters. The van der Waals surface area contributed by atoms with Crippen LogP contribution in [-0.2, 0) is 11.8 Å². The second-order valence-corrected chi connectivity index (χ2v) is 5.38. The number of piperidine rings is 1. The zero-order valence-electron chi connectivity index (χ0n) is 11.5. The van der Waals surface area contributed by atoms with Gasteiger partial charge in [0, 0.05) is 26.2 Å². The average Bonchev–Trinajstić information content (AvgIpc) is 2.41. The fourth-order valence-electron chi connectivity index (χ4n) is 2.37. The van der Waals surface area contributed by atoms with Crippen molar-refractivity contribution in [3.05, 3.63) is 28.2 Å². The van der Waals surface area contributed by atoms with Crippen LogP contribution < -0.4 is 5.56 Å². The van der Waals surface area contributed by atoms with E-state index < -0.39 is 11.4 Å². The lowest BCUT2D eigenvalue weighted by atomic mass is 9.82. The molecule has 20 heavy (non-hydrogen) atoms. The first-order valence-electron chi connectivity index (χ1n) is 6.40. The molecule has 2 rings (SSSR count). The maximum absolute atomic E-state index is 12.3. The molecule has 1 amide bonds. The van der Waals surface area contributed by atoms with Gasteiger partial charge in [0.05, 0.1) is 5.41 Å². The summed E-state index contributed by atoms with van der Waals surface area (Å²) in [5.41, 5.74) is -1.06. The molecule has 1 aliphatic heterocycles. The van der Waals surface area contributed by atoms with Crippen LogP contribution in [0.3, 0.4) is 0 Å². The number of aryl methyl sites for hydroxylation is 1. The number of hydrogen-bond donors (Lipinski definition) is 1. The Morgan fingerprint density at radius 1 is 1.40 bits per heavy atom. The van der Waals surface area contributed by atoms with Gasteiger partial charge in [-0.05, 0) is 25.8 Å². The van der Waals surface area contributed by atoms with Crippen molar-refractivity contribution in [1.29, 1.82) is 0 Å². The van der Waals surface area contributed by atoms with Crippen LogP contribution in [0.2, 0.25) is 0 Å². The van der Waals surface area contributed by atoms with E-state index in [2.05, 4.69) is 5.10 Å². The number of amides is 1. The van der Waals surface area contributed by atoms with Crippen molar-refractivity contribution >= 4 is 11.9 Å². The van der Waals surface area contributed by atoms with Gasteiger partial charge in [-0.3, -0.25) is 14.4 Å². The Bertz CT molecular complexity index is 610. The molecule has 0 radical (unpaired) electrons. The topological polar surface area (TPSA) is 92.5 Å². The minimum Gasteiger partial charge on any atom is -0.481 e. The highest BCUT2D eigenvalue weighted by atomic mass is 16.4. The summed E-state index contributed by atoms with van der Waals surface area (Å²) in [7, 11) is 1.47. The summed E-state index contributed by atoms with van der Waals surface area (Å²) in [5.74, 6) is -1.24. The number of rotatable bonds is 2. The summed E-state index contributed by atoms with van der Waals surface area (Å²) in [6.07, 6.45) is 1.19. The van der Waals surface area contributed by atoms with Crippen LogP contribution in [-0.4, -0.2) is 44.8 Å². The summed E-state index contributed by atoms with van der Waals surface area (Å²) in [6, 6.07) is 2.65. The van der Waals surface area contributed by atoms with Crippen molar-refractivity contribution in [1.82, 2.24) is 14.7 Å². The number of aliphatic carboxylic acids is 1. The number of carbonyl (C=O) groups is 2. The summed E-state index contributed by atoms with van der Waals surface area (Å²) in [4.78, 5) is 36.4. The van der Waals surface area contributed by atoms with E-state index in [0.29, 0.717) is 19.4 Å². The number of aromatic nitrogens is 2. The quantitative estimate of drug-likeness (QED) is 0.829. The molecule has 7 nitrogen and oxygen atoms in total. The third-order valence-electron chi connectivity index (χ3n) is 3.68. The number of likely N-dealkylation sites (tertiary alicyclic amines) is 1. The molecule has 7 heteroatoms.